The van der Waals surface area contributed by atoms with E-state index in [1.165, 1.54) is 74.4 Å². The molecule has 0 aliphatic carbocycles. The normalized spacial score (nSPS) is 29.5. The first kappa shape index (κ1) is 38.1. The van der Waals surface area contributed by atoms with Crippen molar-refractivity contribution >= 4 is 137 Å². The molecular weight excluding hydrogens is 716 g/mol. The van der Waals surface area contributed by atoms with Gasteiger partial charge in [0.1, 0.15) is 0 Å². The van der Waals surface area contributed by atoms with E-state index in [0.29, 0.717) is 0 Å². The maximum absolute atomic E-state index is 4.94. The van der Waals surface area contributed by atoms with Crippen molar-refractivity contribution in [2.45, 2.75) is 72.4 Å². The van der Waals surface area contributed by atoms with E-state index in [9.17, 15) is 0 Å². The summed E-state index contributed by atoms with van der Waals surface area (Å²) in [7, 11) is 15.8. The summed E-state index contributed by atoms with van der Waals surface area (Å²) in [4.78, 5) is 0. The van der Waals surface area contributed by atoms with Crippen LogP contribution in [0.5, 0.6) is 0 Å². The van der Waals surface area contributed by atoms with Gasteiger partial charge >= 0.3 is 26.2 Å². The molecule has 4 unspecified atom stereocenters. The molecule has 0 nitrogen and oxygen atoms in total. The maximum atomic E-state index is 4.94. The van der Waals surface area contributed by atoms with Crippen molar-refractivity contribution in [2.75, 3.05) is 46.0 Å². The summed E-state index contributed by atoms with van der Waals surface area (Å²) in [5.74, 6) is 9.09. The number of hydrogen-bond acceptors (Lipinski definition) is 12. The topological polar surface area (TPSA) is 0 Å². The van der Waals surface area contributed by atoms with Crippen molar-refractivity contribution in [3.05, 3.63) is 0 Å². The van der Waals surface area contributed by atoms with E-state index >= 15 is 0 Å². The van der Waals surface area contributed by atoms with Crippen LogP contribution in [-0.4, -0.2) is 67.0 Å². The Morgan fingerprint density at radius 3 is 0.727 bits per heavy atom. The molecular formula is C20H36S12Zr. The minimum absolute atomic E-state index is 0. The molecule has 0 aromatic carbocycles. The predicted octanol–water partition coefficient (Wildman–Crippen LogP) is 8.31. The molecule has 0 radical (unpaired) electrons. The first-order chi connectivity index (χ1) is 15.7. The fraction of sp³-hybridized carbons (Fsp3) is 1.00. The molecule has 0 N–H and O–H groups in total. The summed E-state index contributed by atoms with van der Waals surface area (Å²) in [6.07, 6.45) is 10.9. The van der Waals surface area contributed by atoms with E-state index in [1.807, 2.05) is 86.4 Å². The summed E-state index contributed by atoms with van der Waals surface area (Å²) in [6.45, 7) is 0. The van der Waals surface area contributed by atoms with Gasteiger partial charge in [-0.2, -0.15) is 23.0 Å². The molecule has 0 aromatic rings. The van der Waals surface area contributed by atoms with Crippen LogP contribution < -0.4 is 0 Å². The van der Waals surface area contributed by atoms with Crippen molar-refractivity contribution in [1.82, 2.24) is 0 Å². The molecule has 4 aliphatic rings. The molecule has 0 amide bonds. The van der Waals surface area contributed by atoms with Crippen LogP contribution in [0.2, 0.25) is 0 Å². The molecule has 4 saturated heterocycles. The first-order valence-corrected chi connectivity index (χ1v) is 23.0. The first-order valence-electron chi connectivity index (χ1n) is 11.2. The molecule has 192 valence electrons. The third-order valence-electron chi connectivity index (χ3n) is 4.58. The Morgan fingerprint density at radius 1 is 0.424 bits per heavy atom. The third-order valence-corrected chi connectivity index (χ3v) is 19.0. The zero-order chi connectivity index (χ0) is 23.3. The monoisotopic (exact) mass is 750 g/mol. The standard InChI is InChI=1S/4C5H10S3.Zr/c4*6-4-5-2-1-3-7-8-5;/h4*5-6H,1-4H2;/q;;;;+4/p-4. The van der Waals surface area contributed by atoms with E-state index in [1.54, 1.807) is 0 Å². The second-order valence-corrected chi connectivity index (χ2v) is 19.9. The molecule has 4 atom stereocenters. The van der Waals surface area contributed by atoms with Gasteiger partial charge in [-0.05, 0) is 72.4 Å². The number of rotatable bonds is 4. The van der Waals surface area contributed by atoms with Gasteiger partial charge in [0.25, 0.3) is 0 Å². The summed E-state index contributed by atoms with van der Waals surface area (Å²) < 4.78 is 0. The fourth-order valence-corrected chi connectivity index (χ4v) is 15.6. The van der Waals surface area contributed by atoms with Crippen molar-refractivity contribution in [1.29, 1.82) is 0 Å². The summed E-state index contributed by atoms with van der Waals surface area (Å²) in [5, 5.41) is 3.12. The Hall–Kier alpha value is 5.08. The molecule has 0 aromatic heterocycles. The van der Waals surface area contributed by atoms with Gasteiger partial charge in [-0.15, -0.1) is 0 Å². The molecule has 0 saturated carbocycles. The quantitative estimate of drug-likeness (QED) is 0.201. The van der Waals surface area contributed by atoms with E-state index in [2.05, 4.69) is 0 Å². The molecule has 4 fully saturated rings. The summed E-state index contributed by atoms with van der Waals surface area (Å²) in [6, 6.07) is 0. The zero-order valence-electron chi connectivity index (χ0n) is 19.0. The van der Waals surface area contributed by atoms with Crippen molar-refractivity contribution in [3.63, 3.8) is 0 Å². The molecule has 0 spiro atoms. The van der Waals surface area contributed by atoms with Gasteiger partial charge in [0.05, 0.1) is 0 Å². The second-order valence-electron chi connectivity index (χ2n) is 7.40. The smallest absolute Gasteiger partial charge is 0.792 e. The van der Waals surface area contributed by atoms with Crippen LogP contribution in [0.15, 0.2) is 0 Å². The van der Waals surface area contributed by atoms with E-state index < -0.39 is 0 Å². The Balaban J connectivity index is 0.000000410. The van der Waals surface area contributed by atoms with Crippen LogP contribution in [0, 0.1) is 0 Å². The zero-order valence-corrected chi connectivity index (χ0v) is 31.3. The van der Waals surface area contributed by atoms with E-state index in [4.69, 9.17) is 50.5 Å². The molecule has 4 rings (SSSR count). The number of hydrogen-bond donors (Lipinski definition) is 0. The van der Waals surface area contributed by atoms with Gasteiger partial charge < -0.3 is 50.5 Å². The van der Waals surface area contributed by atoms with Crippen LogP contribution in [0.25, 0.3) is 0 Å². The minimum Gasteiger partial charge on any atom is -0.792 e. The SMILES string of the molecule is [S-]CC1CCCSS1.[S-]CC1CCCSS1.[S-]CC1CCCSS1.[S-]CC1CCCSS1.[Zr+4]. The van der Waals surface area contributed by atoms with Gasteiger partial charge in [0.2, 0.25) is 0 Å². The molecule has 33 heavy (non-hydrogen) atoms. The van der Waals surface area contributed by atoms with E-state index in [0.717, 1.165) is 44.0 Å². The van der Waals surface area contributed by atoms with Crippen LogP contribution in [-0.2, 0) is 76.7 Å². The van der Waals surface area contributed by atoms with Crippen molar-refractivity contribution in [3.8, 4) is 0 Å². The second kappa shape index (κ2) is 28.6. The Labute approximate surface area is 277 Å². The Bertz CT molecular complexity index is 313. The fourth-order valence-electron chi connectivity index (χ4n) is 2.69. The minimum atomic E-state index is 0. The molecule has 4 aliphatic heterocycles. The van der Waals surface area contributed by atoms with Crippen LogP contribution in [0.4, 0.5) is 0 Å². The van der Waals surface area contributed by atoms with Gasteiger partial charge in [-0.3, -0.25) is 0 Å². The Kier molecular flexibility index (Phi) is 33.0. The van der Waals surface area contributed by atoms with Crippen molar-refractivity contribution < 1.29 is 26.2 Å². The van der Waals surface area contributed by atoms with Crippen LogP contribution in [0.1, 0.15) is 51.4 Å². The maximum Gasteiger partial charge on any atom is 4.00 e. The molecule has 4 heterocycles. The third kappa shape index (κ3) is 22.5. The predicted molar refractivity (Wildman–Crippen MR) is 181 cm³/mol. The van der Waals surface area contributed by atoms with Crippen LogP contribution in [0.3, 0.4) is 0 Å². The van der Waals surface area contributed by atoms with Gasteiger partial charge in [0.15, 0.2) is 0 Å². The van der Waals surface area contributed by atoms with Crippen LogP contribution >= 0.6 is 86.4 Å². The summed E-state index contributed by atoms with van der Waals surface area (Å²) in [5.41, 5.74) is 0. The van der Waals surface area contributed by atoms with Gasteiger partial charge in [0, 0.05) is 23.0 Å². The summed E-state index contributed by atoms with van der Waals surface area (Å²) >= 11 is 19.8. The Morgan fingerprint density at radius 2 is 0.636 bits per heavy atom. The van der Waals surface area contributed by atoms with E-state index in [-0.39, 0.29) is 26.2 Å². The average Bonchev–Trinajstić information content (AvgIpc) is 2.91. The average molecular weight is 753 g/mol. The largest absolute Gasteiger partial charge is 4.00 e. The molecule has 13 heteroatoms. The van der Waals surface area contributed by atoms with Crippen molar-refractivity contribution in [2.24, 2.45) is 0 Å². The van der Waals surface area contributed by atoms with Gasteiger partial charge in [-0.1, -0.05) is 86.4 Å². The van der Waals surface area contributed by atoms with Gasteiger partial charge in [-0.25, -0.2) is 0 Å². The molecule has 0 bridgehead atoms.